The van der Waals surface area contributed by atoms with Gasteiger partial charge in [0.25, 0.3) is 0 Å². The highest BCUT2D eigenvalue weighted by Crippen LogP contribution is 2.65. The van der Waals surface area contributed by atoms with E-state index in [1.807, 2.05) is 0 Å². The molecule has 0 amide bonds. The number of rotatable bonds is 6. The summed E-state index contributed by atoms with van der Waals surface area (Å²) < 4.78 is 0. The monoisotopic (exact) mass is 491 g/mol. The van der Waals surface area contributed by atoms with Crippen LogP contribution in [0.2, 0.25) is 0 Å². The molecule has 31 heavy (non-hydrogen) atoms. The fourth-order valence-electron chi connectivity index (χ4n) is 5.03. The van der Waals surface area contributed by atoms with E-state index in [4.69, 9.17) is 0 Å². The van der Waals surface area contributed by atoms with Crippen molar-refractivity contribution in [2.45, 2.75) is 156 Å². The van der Waals surface area contributed by atoms with Crippen LogP contribution in [-0.4, -0.2) is 54.7 Å². The van der Waals surface area contributed by atoms with Gasteiger partial charge in [0.05, 0.1) is 0 Å². The first kappa shape index (κ1) is 32.2. The molecule has 0 atom stereocenters. The molecule has 1 nitrogen and oxygen atoms in total. The Labute approximate surface area is 202 Å². The molecule has 4 heteroatoms. The van der Waals surface area contributed by atoms with E-state index in [2.05, 4.69) is 130 Å². The molecule has 188 valence electrons. The summed E-state index contributed by atoms with van der Waals surface area (Å²) in [5.74, 6) is 0. The first-order chi connectivity index (χ1) is 13.2. The van der Waals surface area contributed by atoms with E-state index in [9.17, 15) is 0 Å². The molecule has 0 aliphatic heterocycles. The van der Waals surface area contributed by atoms with Gasteiger partial charge >= 0.3 is 0 Å². The van der Waals surface area contributed by atoms with Crippen LogP contribution >= 0.6 is 23.8 Å². The Morgan fingerprint density at radius 2 is 0.452 bits per heavy atom. The maximum atomic E-state index is 2.96. The summed E-state index contributed by atoms with van der Waals surface area (Å²) in [5.41, 5.74) is 0. The second-order valence-corrected chi connectivity index (χ2v) is 26.9. The number of hydrogen-bond donors (Lipinski definition) is 0. The van der Waals surface area contributed by atoms with Gasteiger partial charge < -0.3 is 0 Å². The van der Waals surface area contributed by atoms with Gasteiger partial charge in [0.15, 0.2) is 0 Å². The minimum atomic E-state index is -0.140. The maximum Gasteiger partial charge on any atom is 0.0200 e. The lowest BCUT2D eigenvalue weighted by Gasteiger charge is -2.51. The van der Waals surface area contributed by atoms with Crippen LogP contribution in [0.4, 0.5) is 0 Å². The molecule has 0 aliphatic rings. The van der Waals surface area contributed by atoms with Crippen molar-refractivity contribution in [1.82, 2.24) is 4.90 Å². The molecule has 0 spiro atoms. The van der Waals surface area contributed by atoms with E-state index < -0.39 is 0 Å². The molecule has 0 aromatic heterocycles. The Kier molecular flexibility index (Phi) is 10.9. The van der Waals surface area contributed by atoms with Gasteiger partial charge in [-0.3, -0.25) is 4.90 Å². The third-order valence-electron chi connectivity index (χ3n) is 5.88. The molecule has 0 saturated heterocycles. The molecule has 0 bridgehead atoms. The molecular weight excluding hydrogens is 431 g/mol. The number of nitrogens with zero attached hydrogens (tertiary/aromatic N) is 1. The molecule has 0 heterocycles. The van der Waals surface area contributed by atoms with Gasteiger partial charge in [-0.15, -0.1) is 0 Å². The Balaban J connectivity index is 6.36. The molecule has 0 unspecified atom stereocenters. The van der Waals surface area contributed by atoms with Crippen LogP contribution in [0.1, 0.15) is 125 Å². The summed E-state index contributed by atoms with van der Waals surface area (Å²) >= 11 is 0. The van der Waals surface area contributed by atoms with Crippen molar-refractivity contribution in [2.24, 2.45) is 0 Å². The van der Waals surface area contributed by atoms with Crippen LogP contribution in [0, 0.1) is 0 Å². The van der Waals surface area contributed by atoms with E-state index in [0.717, 1.165) is 0 Å². The largest absolute Gasteiger partial charge is 0.291 e. The highest BCUT2D eigenvalue weighted by molar-refractivity contribution is 7.62. The van der Waals surface area contributed by atoms with Crippen molar-refractivity contribution in [2.75, 3.05) is 18.9 Å². The van der Waals surface area contributed by atoms with E-state index in [1.54, 1.807) is 0 Å². The Morgan fingerprint density at radius 1 is 0.323 bits per heavy atom. The third-order valence-corrected chi connectivity index (χ3v) is 17.6. The van der Waals surface area contributed by atoms with Gasteiger partial charge in [-0.05, 0) is 30.9 Å². The lowest BCUT2D eigenvalue weighted by atomic mass is 10.2. The highest BCUT2D eigenvalue weighted by Gasteiger charge is 2.42. The Hall–Kier alpha value is 1.25. The minimum Gasteiger partial charge on any atom is -0.291 e. The van der Waals surface area contributed by atoms with E-state index in [-0.39, 0.29) is 23.8 Å². The molecular formula is C27H60NP3. The van der Waals surface area contributed by atoms with Crippen molar-refractivity contribution < 1.29 is 0 Å². The summed E-state index contributed by atoms with van der Waals surface area (Å²) in [5, 5.41) is 2.19. The van der Waals surface area contributed by atoms with Gasteiger partial charge in [-0.2, -0.15) is 0 Å². The molecule has 0 rings (SSSR count). The average Bonchev–Trinajstić information content (AvgIpc) is 2.37. The topological polar surface area (TPSA) is 3.24 Å². The number of hydrogen-bond acceptors (Lipinski definition) is 1. The molecule has 0 fully saturated rings. The molecule has 0 aromatic carbocycles. The standard InChI is InChI=1S/C27H60NP3/c1-22(2,3)29(23(4,5)6)19-28(20-30(24(7,8)9)25(10,11)12)21-31(26(13,14)15)27(16,17)18/h19-21H2,1-18H3. The Bertz CT molecular complexity index is 419. The summed E-state index contributed by atoms with van der Waals surface area (Å²) in [6.45, 7) is 44.7. The normalized spacial score (nSPS) is 15.7. The average molecular weight is 492 g/mol. The lowest BCUT2D eigenvalue weighted by Crippen LogP contribution is -2.40. The zero-order chi connectivity index (χ0) is 25.4. The summed E-state index contributed by atoms with van der Waals surface area (Å²) in [6.07, 6.45) is 3.83. The van der Waals surface area contributed by atoms with Crippen molar-refractivity contribution in [3.63, 3.8) is 0 Å². The lowest BCUT2D eigenvalue weighted by molar-refractivity contribution is 0.414. The summed E-state index contributed by atoms with van der Waals surface area (Å²) in [7, 11) is -0.420. The molecule has 0 radical (unpaired) electrons. The van der Waals surface area contributed by atoms with Crippen LogP contribution in [0.25, 0.3) is 0 Å². The highest BCUT2D eigenvalue weighted by atomic mass is 31.1. The van der Waals surface area contributed by atoms with Gasteiger partial charge in [-0.25, -0.2) is 0 Å². The molecule has 0 aromatic rings. The second kappa shape index (κ2) is 10.5. The van der Waals surface area contributed by atoms with Crippen LogP contribution in [0.3, 0.4) is 0 Å². The fraction of sp³-hybridized carbons (Fsp3) is 1.00. The smallest absolute Gasteiger partial charge is 0.0200 e. The van der Waals surface area contributed by atoms with E-state index >= 15 is 0 Å². The maximum absolute atomic E-state index is 2.96. The van der Waals surface area contributed by atoms with E-state index in [1.165, 1.54) is 18.9 Å². The van der Waals surface area contributed by atoms with Crippen molar-refractivity contribution in [3.05, 3.63) is 0 Å². The van der Waals surface area contributed by atoms with Crippen LogP contribution in [-0.2, 0) is 0 Å². The third kappa shape index (κ3) is 11.0. The zero-order valence-corrected chi connectivity index (χ0v) is 27.6. The van der Waals surface area contributed by atoms with Crippen molar-refractivity contribution >= 4 is 23.8 Å². The summed E-state index contributed by atoms with van der Waals surface area (Å²) in [4.78, 5) is 2.96. The van der Waals surface area contributed by atoms with Gasteiger partial charge in [0.1, 0.15) is 0 Å². The Morgan fingerprint density at radius 3 is 0.548 bits per heavy atom. The van der Waals surface area contributed by atoms with Crippen molar-refractivity contribution in [1.29, 1.82) is 0 Å². The first-order valence-electron chi connectivity index (χ1n) is 12.2. The van der Waals surface area contributed by atoms with Crippen LogP contribution in [0.5, 0.6) is 0 Å². The van der Waals surface area contributed by atoms with Crippen molar-refractivity contribution in [3.8, 4) is 0 Å². The van der Waals surface area contributed by atoms with Gasteiger partial charge in [-0.1, -0.05) is 148 Å². The van der Waals surface area contributed by atoms with E-state index in [0.29, 0.717) is 30.9 Å². The zero-order valence-electron chi connectivity index (χ0n) is 24.9. The summed E-state index contributed by atoms with van der Waals surface area (Å²) in [6, 6.07) is 0. The SMILES string of the molecule is CC(C)(C)P(CN(CP(C(C)(C)C)C(C)(C)C)CP(C(C)(C)C)C(C)(C)C)C(C)(C)C. The van der Waals surface area contributed by atoms with Gasteiger partial charge in [0.2, 0.25) is 0 Å². The molecule has 0 N–H and O–H groups in total. The predicted molar refractivity (Wildman–Crippen MR) is 156 cm³/mol. The quantitative estimate of drug-likeness (QED) is 0.334. The minimum absolute atomic E-state index is 0.140. The van der Waals surface area contributed by atoms with Gasteiger partial charge in [0, 0.05) is 18.9 Å². The van der Waals surface area contributed by atoms with Crippen LogP contribution < -0.4 is 0 Å². The van der Waals surface area contributed by atoms with Crippen LogP contribution in [0.15, 0.2) is 0 Å². The predicted octanol–water partition coefficient (Wildman–Crippen LogP) is 10.4. The molecule has 0 saturated carbocycles. The second-order valence-electron chi connectivity index (χ2n) is 15.4. The molecule has 0 aliphatic carbocycles. The fourth-order valence-corrected chi connectivity index (χ4v) is 15.9. The first-order valence-corrected chi connectivity index (χ1v) is 16.8.